The normalized spacial score (nSPS) is 24.4. The standard InChI is InChI=1S/C18H23N3O5/c1-17(2,3)25-16(23)20-10-18(11-20)12-6-4-5-7-13(12)21(15(18)22)14-8-9-24-19-26-14/h4-7,14,19H,8-11H2,1-3H3. The highest BCUT2D eigenvalue weighted by Gasteiger charge is 2.61. The Hall–Kier alpha value is -2.16. The molecule has 0 aliphatic carbocycles. The summed E-state index contributed by atoms with van der Waals surface area (Å²) in [6.07, 6.45) is -0.262. The number of para-hydroxylation sites is 1. The number of fused-ring (bicyclic) bond motifs is 2. The van der Waals surface area contributed by atoms with E-state index in [0.717, 1.165) is 11.3 Å². The maximum absolute atomic E-state index is 13.3. The SMILES string of the molecule is CC(C)(C)OC(=O)N1CC2(C1)C(=O)N(C1CCONO1)c1ccccc12. The molecule has 1 spiro atoms. The lowest BCUT2D eigenvalue weighted by molar-refractivity contribution is -0.238. The van der Waals surface area contributed by atoms with Gasteiger partial charge in [0.05, 0.1) is 12.3 Å². The molecule has 2 saturated heterocycles. The van der Waals surface area contributed by atoms with Crippen LogP contribution in [0.2, 0.25) is 0 Å². The predicted octanol–water partition coefficient (Wildman–Crippen LogP) is 1.70. The van der Waals surface area contributed by atoms with Crippen molar-refractivity contribution in [2.45, 2.75) is 44.4 Å². The van der Waals surface area contributed by atoms with E-state index in [-0.39, 0.29) is 5.91 Å². The molecular weight excluding hydrogens is 338 g/mol. The minimum Gasteiger partial charge on any atom is -0.444 e. The first-order valence-corrected chi connectivity index (χ1v) is 8.75. The number of carbonyl (C=O) groups is 2. The summed E-state index contributed by atoms with van der Waals surface area (Å²) >= 11 is 0. The molecule has 1 aromatic rings. The quantitative estimate of drug-likeness (QED) is 0.820. The first-order chi connectivity index (χ1) is 12.3. The zero-order valence-electron chi connectivity index (χ0n) is 15.2. The monoisotopic (exact) mass is 361 g/mol. The highest BCUT2D eigenvalue weighted by molar-refractivity contribution is 6.10. The van der Waals surface area contributed by atoms with Gasteiger partial charge in [0.2, 0.25) is 5.91 Å². The zero-order valence-corrected chi connectivity index (χ0v) is 15.2. The Balaban J connectivity index is 1.58. The van der Waals surface area contributed by atoms with Crippen LogP contribution in [0.1, 0.15) is 32.8 Å². The molecule has 140 valence electrons. The molecule has 1 unspecified atom stereocenters. The van der Waals surface area contributed by atoms with Crippen LogP contribution in [-0.2, 0) is 24.6 Å². The van der Waals surface area contributed by atoms with Crippen LogP contribution in [0.4, 0.5) is 10.5 Å². The highest BCUT2D eigenvalue weighted by Crippen LogP contribution is 2.48. The molecule has 1 N–H and O–H groups in total. The first kappa shape index (κ1) is 17.3. The number of rotatable bonds is 1. The van der Waals surface area contributed by atoms with Gasteiger partial charge in [-0.1, -0.05) is 23.8 Å². The molecule has 8 heteroatoms. The summed E-state index contributed by atoms with van der Waals surface area (Å²) in [4.78, 5) is 39.3. The van der Waals surface area contributed by atoms with E-state index >= 15 is 0 Å². The van der Waals surface area contributed by atoms with Gasteiger partial charge in [-0.3, -0.25) is 19.4 Å². The van der Waals surface area contributed by atoms with E-state index < -0.39 is 23.3 Å². The number of nitrogens with one attached hydrogen (secondary N) is 1. The van der Waals surface area contributed by atoms with Gasteiger partial charge in [0, 0.05) is 19.5 Å². The Morgan fingerprint density at radius 1 is 1.31 bits per heavy atom. The molecule has 2 fully saturated rings. The third-order valence-electron chi connectivity index (χ3n) is 4.88. The fourth-order valence-electron chi connectivity index (χ4n) is 3.73. The predicted molar refractivity (Wildman–Crippen MR) is 92.0 cm³/mol. The molecule has 1 atom stereocenters. The average Bonchev–Trinajstić information content (AvgIpc) is 2.81. The average molecular weight is 361 g/mol. The molecule has 2 amide bonds. The first-order valence-electron chi connectivity index (χ1n) is 8.75. The van der Waals surface area contributed by atoms with Crippen LogP contribution in [0, 0.1) is 0 Å². The summed E-state index contributed by atoms with van der Waals surface area (Å²) in [5.41, 5.74) is 2.87. The smallest absolute Gasteiger partial charge is 0.410 e. The number of hydrogen-bond acceptors (Lipinski definition) is 6. The van der Waals surface area contributed by atoms with E-state index in [0.29, 0.717) is 26.1 Å². The topological polar surface area (TPSA) is 80.3 Å². The summed E-state index contributed by atoms with van der Waals surface area (Å²) in [6, 6.07) is 7.68. The van der Waals surface area contributed by atoms with Crippen molar-refractivity contribution in [3.05, 3.63) is 29.8 Å². The maximum Gasteiger partial charge on any atom is 0.410 e. The maximum atomic E-state index is 13.3. The minimum atomic E-state index is -0.727. The Kier molecular flexibility index (Phi) is 3.94. The molecule has 0 saturated carbocycles. The molecule has 0 bridgehead atoms. The number of anilines is 1. The van der Waals surface area contributed by atoms with E-state index in [1.54, 1.807) is 9.80 Å². The van der Waals surface area contributed by atoms with Crippen molar-refractivity contribution in [1.29, 1.82) is 0 Å². The number of amides is 2. The van der Waals surface area contributed by atoms with Crippen molar-refractivity contribution in [3.63, 3.8) is 0 Å². The lowest BCUT2D eigenvalue weighted by atomic mass is 9.75. The Labute approximate surface area is 151 Å². The van der Waals surface area contributed by atoms with Crippen LogP contribution < -0.4 is 10.5 Å². The van der Waals surface area contributed by atoms with E-state index in [2.05, 4.69) is 5.64 Å². The zero-order chi connectivity index (χ0) is 18.5. The molecular formula is C18H23N3O5. The summed E-state index contributed by atoms with van der Waals surface area (Å²) in [5, 5.41) is 0. The Bertz CT molecular complexity index is 733. The van der Waals surface area contributed by atoms with E-state index in [9.17, 15) is 9.59 Å². The second-order valence-corrected chi connectivity index (χ2v) is 7.90. The lowest BCUT2D eigenvalue weighted by Crippen LogP contribution is -2.66. The molecule has 3 heterocycles. The van der Waals surface area contributed by atoms with Crippen molar-refractivity contribution < 1.29 is 24.0 Å². The fourth-order valence-corrected chi connectivity index (χ4v) is 3.73. The van der Waals surface area contributed by atoms with Crippen LogP contribution >= 0.6 is 0 Å². The van der Waals surface area contributed by atoms with Crippen molar-refractivity contribution in [2.24, 2.45) is 0 Å². The molecule has 1 aromatic carbocycles. The molecule has 3 aliphatic heterocycles. The van der Waals surface area contributed by atoms with Crippen molar-refractivity contribution in [2.75, 3.05) is 24.6 Å². The lowest BCUT2D eigenvalue weighted by Gasteiger charge is -2.47. The van der Waals surface area contributed by atoms with Gasteiger partial charge in [0.25, 0.3) is 0 Å². The van der Waals surface area contributed by atoms with Gasteiger partial charge >= 0.3 is 6.09 Å². The van der Waals surface area contributed by atoms with Crippen molar-refractivity contribution in [1.82, 2.24) is 10.5 Å². The number of carbonyl (C=O) groups excluding carboxylic acids is 2. The molecule has 8 nitrogen and oxygen atoms in total. The Morgan fingerprint density at radius 3 is 2.69 bits per heavy atom. The van der Waals surface area contributed by atoms with Gasteiger partial charge in [-0.05, 0) is 32.4 Å². The summed E-state index contributed by atoms with van der Waals surface area (Å²) < 4.78 is 5.42. The van der Waals surface area contributed by atoms with Gasteiger partial charge in [-0.25, -0.2) is 4.79 Å². The molecule has 4 rings (SSSR count). The molecule has 3 aliphatic rings. The summed E-state index contributed by atoms with van der Waals surface area (Å²) in [5.74, 6) is -0.0489. The number of nitrogens with zero attached hydrogens (tertiary/aromatic N) is 2. The minimum absolute atomic E-state index is 0.0489. The fraction of sp³-hybridized carbons (Fsp3) is 0.556. The van der Waals surface area contributed by atoms with E-state index in [1.807, 2.05) is 45.0 Å². The number of ether oxygens (including phenoxy) is 1. The van der Waals surface area contributed by atoms with Crippen LogP contribution in [0.15, 0.2) is 24.3 Å². The molecule has 26 heavy (non-hydrogen) atoms. The highest BCUT2D eigenvalue weighted by atomic mass is 16.9. The number of hydrogen-bond donors (Lipinski definition) is 1. The van der Waals surface area contributed by atoms with E-state index in [1.165, 1.54) is 0 Å². The number of benzene rings is 1. The van der Waals surface area contributed by atoms with Gasteiger partial charge in [0.1, 0.15) is 11.0 Å². The van der Waals surface area contributed by atoms with Crippen LogP contribution in [0.3, 0.4) is 0 Å². The van der Waals surface area contributed by atoms with Crippen LogP contribution in [-0.4, -0.2) is 48.4 Å². The van der Waals surface area contributed by atoms with Crippen molar-refractivity contribution >= 4 is 17.7 Å². The second kappa shape index (κ2) is 5.94. The molecule has 0 aromatic heterocycles. The van der Waals surface area contributed by atoms with Gasteiger partial charge in [-0.2, -0.15) is 0 Å². The van der Waals surface area contributed by atoms with Gasteiger partial charge in [0.15, 0.2) is 6.23 Å². The summed E-state index contributed by atoms with van der Waals surface area (Å²) in [7, 11) is 0. The van der Waals surface area contributed by atoms with Gasteiger partial charge < -0.3 is 9.64 Å². The largest absolute Gasteiger partial charge is 0.444 e. The summed E-state index contributed by atoms with van der Waals surface area (Å²) in [6.45, 7) is 6.55. The van der Waals surface area contributed by atoms with Crippen LogP contribution in [0.25, 0.3) is 0 Å². The Morgan fingerprint density at radius 2 is 2.04 bits per heavy atom. The third-order valence-corrected chi connectivity index (χ3v) is 4.88. The molecule has 0 radical (unpaired) electrons. The second-order valence-electron chi connectivity index (χ2n) is 7.90. The van der Waals surface area contributed by atoms with E-state index in [4.69, 9.17) is 14.4 Å². The number of likely N-dealkylation sites (tertiary alicyclic amines) is 1. The van der Waals surface area contributed by atoms with Crippen LogP contribution in [0.5, 0.6) is 0 Å². The van der Waals surface area contributed by atoms with Gasteiger partial charge in [-0.15, -0.1) is 0 Å². The third kappa shape index (κ3) is 2.65. The van der Waals surface area contributed by atoms with Crippen molar-refractivity contribution in [3.8, 4) is 0 Å².